The van der Waals surface area contributed by atoms with Gasteiger partial charge in [0.1, 0.15) is 0 Å². The number of benzene rings is 1. The Balaban J connectivity index is 2.72. The van der Waals surface area contributed by atoms with Crippen LogP contribution in [0.25, 0.3) is 0 Å². The summed E-state index contributed by atoms with van der Waals surface area (Å²) in [5.74, 6) is 0.0159. The standard InChI is InChI=1S/C17H29N3O/c1-5-10-20(17(4,6-2)13-18)12-16(21)19-15-9-7-8-14(3)11-15/h7-9,11H,5-6,10,12-13,18H2,1-4H3,(H,19,21). The lowest BCUT2D eigenvalue weighted by Crippen LogP contribution is -2.54. The fraction of sp³-hybridized carbons (Fsp3) is 0.588. The Hall–Kier alpha value is -1.39. The van der Waals surface area contributed by atoms with E-state index in [0.717, 1.165) is 30.6 Å². The van der Waals surface area contributed by atoms with E-state index in [2.05, 4.69) is 31.0 Å². The van der Waals surface area contributed by atoms with Crippen molar-refractivity contribution in [1.82, 2.24) is 4.90 Å². The highest BCUT2D eigenvalue weighted by Gasteiger charge is 2.29. The van der Waals surface area contributed by atoms with E-state index in [1.807, 2.05) is 31.2 Å². The van der Waals surface area contributed by atoms with Crippen LogP contribution >= 0.6 is 0 Å². The van der Waals surface area contributed by atoms with E-state index in [1.165, 1.54) is 0 Å². The summed E-state index contributed by atoms with van der Waals surface area (Å²) in [5, 5.41) is 2.97. The van der Waals surface area contributed by atoms with E-state index in [1.54, 1.807) is 0 Å². The average molecular weight is 291 g/mol. The van der Waals surface area contributed by atoms with Gasteiger partial charge in [-0.3, -0.25) is 9.69 Å². The Morgan fingerprint density at radius 3 is 2.62 bits per heavy atom. The molecule has 1 unspecified atom stereocenters. The Morgan fingerprint density at radius 2 is 2.10 bits per heavy atom. The van der Waals surface area contributed by atoms with Crippen LogP contribution < -0.4 is 11.1 Å². The number of nitrogens with zero attached hydrogens (tertiary/aromatic N) is 1. The van der Waals surface area contributed by atoms with E-state index in [-0.39, 0.29) is 11.4 Å². The third kappa shape index (κ3) is 5.14. The first-order valence-electron chi connectivity index (χ1n) is 7.76. The SMILES string of the molecule is CCCN(CC(=O)Nc1cccc(C)c1)C(C)(CC)CN. The third-order valence-corrected chi connectivity index (χ3v) is 4.09. The third-order valence-electron chi connectivity index (χ3n) is 4.09. The van der Waals surface area contributed by atoms with Gasteiger partial charge in [-0.05, 0) is 50.9 Å². The van der Waals surface area contributed by atoms with Crippen molar-refractivity contribution in [2.24, 2.45) is 5.73 Å². The molecule has 0 heterocycles. The van der Waals surface area contributed by atoms with Crippen LogP contribution in [0.3, 0.4) is 0 Å². The number of hydrogen-bond acceptors (Lipinski definition) is 3. The number of anilines is 1. The largest absolute Gasteiger partial charge is 0.329 e. The Bertz CT molecular complexity index is 455. The number of nitrogens with two attached hydrogens (primary N) is 1. The van der Waals surface area contributed by atoms with Crippen molar-refractivity contribution in [3.8, 4) is 0 Å². The molecule has 1 aromatic carbocycles. The molecule has 1 amide bonds. The van der Waals surface area contributed by atoms with Crippen LogP contribution in [0.1, 0.15) is 39.2 Å². The number of nitrogens with one attached hydrogen (secondary N) is 1. The summed E-state index contributed by atoms with van der Waals surface area (Å²) in [6.45, 7) is 10.2. The molecule has 4 heteroatoms. The van der Waals surface area contributed by atoms with Gasteiger partial charge in [0.25, 0.3) is 0 Å². The molecular weight excluding hydrogens is 262 g/mol. The predicted octanol–water partition coefficient (Wildman–Crippen LogP) is 2.77. The van der Waals surface area contributed by atoms with Crippen molar-refractivity contribution in [2.45, 2.75) is 46.1 Å². The van der Waals surface area contributed by atoms with Crippen molar-refractivity contribution in [1.29, 1.82) is 0 Å². The fourth-order valence-corrected chi connectivity index (χ4v) is 2.40. The molecule has 1 rings (SSSR count). The van der Waals surface area contributed by atoms with Gasteiger partial charge >= 0.3 is 0 Å². The number of carbonyl (C=O) groups excluding carboxylic acids is 1. The van der Waals surface area contributed by atoms with Gasteiger partial charge in [-0.15, -0.1) is 0 Å². The maximum Gasteiger partial charge on any atom is 0.238 e. The molecule has 0 aliphatic rings. The van der Waals surface area contributed by atoms with Gasteiger partial charge in [0, 0.05) is 17.8 Å². The molecule has 0 fully saturated rings. The zero-order valence-electron chi connectivity index (χ0n) is 13.8. The Labute approximate surface area is 128 Å². The molecule has 0 aliphatic carbocycles. The molecule has 21 heavy (non-hydrogen) atoms. The van der Waals surface area contributed by atoms with Crippen LogP contribution in [0.15, 0.2) is 24.3 Å². The van der Waals surface area contributed by atoms with Gasteiger partial charge in [0.2, 0.25) is 5.91 Å². The van der Waals surface area contributed by atoms with Crippen LogP contribution in [0.2, 0.25) is 0 Å². The predicted molar refractivity (Wildman–Crippen MR) is 89.4 cm³/mol. The highest BCUT2D eigenvalue weighted by Crippen LogP contribution is 2.18. The molecule has 0 aliphatic heterocycles. The maximum absolute atomic E-state index is 12.3. The minimum atomic E-state index is -0.125. The minimum Gasteiger partial charge on any atom is -0.329 e. The summed E-state index contributed by atoms with van der Waals surface area (Å²) < 4.78 is 0. The summed E-state index contributed by atoms with van der Waals surface area (Å²) in [6, 6.07) is 7.85. The summed E-state index contributed by atoms with van der Waals surface area (Å²) in [5.41, 5.74) is 7.79. The highest BCUT2D eigenvalue weighted by atomic mass is 16.2. The van der Waals surface area contributed by atoms with Gasteiger partial charge in [0.15, 0.2) is 0 Å². The monoisotopic (exact) mass is 291 g/mol. The van der Waals surface area contributed by atoms with E-state index >= 15 is 0 Å². The number of amides is 1. The van der Waals surface area contributed by atoms with Gasteiger partial charge in [-0.1, -0.05) is 26.0 Å². The van der Waals surface area contributed by atoms with Gasteiger partial charge in [-0.2, -0.15) is 0 Å². The first kappa shape index (κ1) is 17.7. The van der Waals surface area contributed by atoms with Gasteiger partial charge < -0.3 is 11.1 Å². The maximum atomic E-state index is 12.3. The highest BCUT2D eigenvalue weighted by molar-refractivity contribution is 5.92. The molecule has 0 saturated heterocycles. The molecule has 1 atom stereocenters. The van der Waals surface area contributed by atoms with Crippen LogP contribution in [0, 0.1) is 6.92 Å². The van der Waals surface area contributed by atoms with Crippen molar-refractivity contribution in [3.63, 3.8) is 0 Å². The van der Waals surface area contributed by atoms with Gasteiger partial charge in [-0.25, -0.2) is 0 Å². The topological polar surface area (TPSA) is 58.4 Å². The molecule has 0 saturated carbocycles. The lowest BCUT2D eigenvalue weighted by atomic mass is 9.96. The number of hydrogen-bond donors (Lipinski definition) is 2. The zero-order chi connectivity index (χ0) is 15.9. The second kappa shape index (κ2) is 8.15. The van der Waals surface area contributed by atoms with E-state index in [9.17, 15) is 4.79 Å². The summed E-state index contributed by atoms with van der Waals surface area (Å²) >= 11 is 0. The minimum absolute atomic E-state index is 0.0159. The summed E-state index contributed by atoms with van der Waals surface area (Å²) in [7, 11) is 0. The van der Waals surface area contributed by atoms with Crippen LogP contribution in [0.4, 0.5) is 5.69 Å². The first-order chi connectivity index (χ1) is 9.95. The Kier molecular flexibility index (Phi) is 6.85. The molecule has 0 bridgehead atoms. The van der Waals surface area contributed by atoms with E-state index < -0.39 is 0 Å². The second-order valence-corrected chi connectivity index (χ2v) is 5.89. The smallest absolute Gasteiger partial charge is 0.238 e. The number of aryl methyl sites for hydroxylation is 1. The van der Waals surface area contributed by atoms with E-state index in [4.69, 9.17) is 5.73 Å². The van der Waals surface area contributed by atoms with Crippen LogP contribution in [0.5, 0.6) is 0 Å². The lowest BCUT2D eigenvalue weighted by molar-refractivity contribution is -0.118. The molecular formula is C17H29N3O. The molecule has 1 aromatic rings. The van der Waals surface area contributed by atoms with E-state index in [0.29, 0.717) is 13.1 Å². The molecule has 4 nitrogen and oxygen atoms in total. The molecule has 118 valence electrons. The molecule has 0 radical (unpaired) electrons. The summed E-state index contributed by atoms with van der Waals surface area (Å²) in [6.07, 6.45) is 1.94. The zero-order valence-corrected chi connectivity index (χ0v) is 13.8. The normalized spacial score (nSPS) is 14.0. The molecule has 0 aromatic heterocycles. The lowest BCUT2D eigenvalue weighted by Gasteiger charge is -2.39. The second-order valence-electron chi connectivity index (χ2n) is 5.89. The number of rotatable bonds is 8. The average Bonchev–Trinajstić information content (AvgIpc) is 2.46. The quantitative estimate of drug-likeness (QED) is 0.774. The molecule has 3 N–H and O–H groups in total. The van der Waals surface area contributed by atoms with Crippen molar-refractivity contribution in [2.75, 3.05) is 25.0 Å². The van der Waals surface area contributed by atoms with Crippen LogP contribution in [-0.4, -0.2) is 36.0 Å². The first-order valence-corrected chi connectivity index (χ1v) is 7.76. The molecule has 0 spiro atoms. The summed E-state index contributed by atoms with van der Waals surface area (Å²) in [4.78, 5) is 14.5. The van der Waals surface area contributed by atoms with Crippen molar-refractivity contribution >= 4 is 11.6 Å². The van der Waals surface area contributed by atoms with Crippen molar-refractivity contribution in [3.05, 3.63) is 29.8 Å². The van der Waals surface area contributed by atoms with Crippen LogP contribution in [-0.2, 0) is 4.79 Å². The van der Waals surface area contributed by atoms with Crippen molar-refractivity contribution < 1.29 is 4.79 Å². The Morgan fingerprint density at radius 1 is 1.38 bits per heavy atom. The number of carbonyl (C=O) groups is 1. The van der Waals surface area contributed by atoms with Gasteiger partial charge in [0.05, 0.1) is 6.54 Å². The fourth-order valence-electron chi connectivity index (χ4n) is 2.40.